The Morgan fingerprint density at radius 2 is 1.84 bits per heavy atom. The lowest BCUT2D eigenvalue weighted by Crippen LogP contribution is -2.54. The van der Waals surface area contributed by atoms with Crippen LogP contribution in [0.15, 0.2) is 0 Å². The predicted octanol–water partition coefficient (Wildman–Crippen LogP) is -4.70. The number of carbonyl (C=O) groups is 1. The van der Waals surface area contributed by atoms with E-state index in [4.69, 9.17) is 5.11 Å². The fourth-order valence-corrected chi connectivity index (χ4v) is 2.02. The molecule has 0 bridgehead atoms. The third-order valence-corrected chi connectivity index (χ3v) is 3.22. The molecular formula is C10H19NO8. The summed E-state index contributed by atoms with van der Waals surface area (Å²) in [5.41, 5.74) is 0. The summed E-state index contributed by atoms with van der Waals surface area (Å²) in [5, 5.41) is 59.4. The molecule has 0 spiro atoms. The number of ether oxygens (including phenoxy) is 1. The zero-order valence-electron chi connectivity index (χ0n) is 10.2. The van der Waals surface area contributed by atoms with Gasteiger partial charge >= 0.3 is 5.97 Å². The Morgan fingerprint density at radius 3 is 2.26 bits per heavy atom. The van der Waals surface area contributed by atoms with E-state index in [1.165, 1.54) is 0 Å². The highest BCUT2D eigenvalue weighted by atomic mass is 16.5. The summed E-state index contributed by atoms with van der Waals surface area (Å²) >= 11 is 0. The van der Waals surface area contributed by atoms with Crippen molar-refractivity contribution in [2.24, 2.45) is 0 Å². The number of aliphatic hydroxyl groups excluding tert-OH is 6. The highest BCUT2D eigenvalue weighted by Crippen LogP contribution is 2.20. The number of hydrogen-bond donors (Lipinski definition) is 7. The zero-order valence-corrected chi connectivity index (χ0v) is 10.2. The van der Waals surface area contributed by atoms with E-state index in [9.17, 15) is 30.3 Å². The molecule has 1 saturated heterocycles. The number of carbonyl (C=O) groups excluding carboxylic acids is 1. The molecule has 1 fully saturated rings. The van der Waals surface area contributed by atoms with Crippen LogP contribution in [0.2, 0.25) is 0 Å². The summed E-state index contributed by atoms with van der Waals surface area (Å²) in [4.78, 5) is 11.0. The first kappa shape index (κ1) is 16.2. The summed E-state index contributed by atoms with van der Waals surface area (Å²) in [7, 11) is 0.999. The van der Waals surface area contributed by atoms with Crippen LogP contribution in [0.1, 0.15) is 0 Å². The number of methoxy groups -OCH3 is 1. The number of esters is 1. The van der Waals surface area contributed by atoms with E-state index in [-0.39, 0.29) is 0 Å². The Hall–Kier alpha value is -0.810. The van der Waals surface area contributed by atoms with E-state index in [0.717, 1.165) is 7.11 Å². The van der Waals surface area contributed by atoms with Gasteiger partial charge in [0.25, 0.3) is 0 Å². The molecule has 0 aromatic carbocycles. The monoisotopic (exact) mass is 281 g/mol. The van der Waals surface area contributed by atoms with Gasteiger partial charge in [-0.1, -0.05) is 0 Å². The van der Waals surface area contributed by atoms with Gasteiger partial charge in [0.05, 0.1) is 38.0 Å². The third-order valence-electron chi connectivity index (χ3n) is 3.22. The standard InChI is InChI=1S/C10H19NO8/c1-19-10(18)9(17)8(16)7(15)4-6(14)5(13)3(2-12)11-4/h3-9,11-17H,2H2,1H3/t3-,4-,5-,6-,7-,8-,9+/m0/s1. The van der Waals surface area contributed by atoms with Gasteiger partial charge in [-0.15, -0.1) is 0 Å². The molecule has 1 heterocycles. The Bertz CT molecular complexity index is 314. The van der Waals surface area contributed by atoms with Crippen LogP contribution in [0.25, 0.3) is 0 Å². The molecule has 0 aromatic heterocycles. The van der Waals surface area contributed by atoms with Gasteiger partial charge < -0.3 is 40.7 Å². The van der Waals surface area contributed by atoms with E-state index >= 15 is 0 Å². The van der Waals surface area contributed by atoms with E-state index in [1.54, 1.807) is 0 Å². The lowest BCUT2D eigenvalue weighted by atomic mass is 9.97. The number of hydrogen-bond acceptors (Lipinski definition) is 9. The van der Waals surface area contributed by atoms with Crippen LogP contribution in [0.4, 0.5) is 0 Å². The normalized spacial score (nSPS) is 35.7. The SMILES string of the molecule is COC(=O)[C@H](O)[C@@H](O)[C@@H](O)[C@H]1N[C@@H](CO)[C@H](O)[C@H]1O. The largest absolute Gasteiger partial charge is 0.467 e. The fraction of sp³-hybridized carbons (Fsp3) is 0.900. The maximum Gasteiger partial charge on any atom is 0.337 e. The van der Waals surface area contributed by atoms with Crippen molar-refractivity contribution in [1.29, 1.82) is 0 Å². The summed E-state index contributed by atoms with van der Waals surface area (Å²) < 4.78 is 4.20. The number of nitrogens with one attached hydrogen (secondary N) is 1. The van der Waals surface area contributed by atoms with E-state index in [0.29, 0.717) is 0 Å². The van der Waals surface area contributed by atoms with Gasteiger partial charge in [0.2, 0.25) is 0 Å². The third kappa shape index (κ3) is 3.20. The van der Waals surface area contributed by atoms with E-state index in [2.05, 4.69) is 10.1 Å². The van der Waals surface area contributed by atoms with Crippen LogP contribution in [-0.4, -0.2) is 92.9 Å². The molecule has 7 atom stereocenters. The summed E-state index contributed by atoms with van der Waals surface area (Å²) in [6, 6.07) is -2.08. The second kappa shape index (κ2) is 6.57. The summed E-state index contributed by atoms with van der Waals surface area (Å²) in [5.74, 6) is -1.14. The topological polar surface area (TPSA) is 160 Å². The molecule has 9 nitrogen and oxygen atoms in total. The molecule has 0 amide bonds. The Balaban J connectivity index is 2.72. The first-order valence-electron chi connectivity index (χ1n) is 5.70. The van der Waals surface area contributed by atoms with Crippen molar-refractivity contribution in [3.63, 3.8) is 0 Å². The molecule has 1 aliphatic rings. The van der Waals surface area contributed by atoms with Crippen LogP contribution >= 0.6 is 0 Å². The Kier molecular flexibility index (Phi) is 5.62. The van der Waals surface area contributed by atoms with Crippen molar-refractivity contribution in [2.45, 2.75) is 42.6 Å². The van der Waals surface area contributed by atoms with Crippen LogP contribution in [-0.2, 0) is 9.53 Å². The van der Waals surface area contributed by atoms with Crippen molar-refractivity contribution >= 4 is 5.97 Å². The highest BCUT2D eigenvalue weighted by molar-refractivity contribution is 5.75. The van der Waals surface area contributed by atoms with Crippen molar-refractivity contribution in [3.05, 3.63) is 0 Å². The minimum absolute atomic E-state index is 0.489. The minimum atomic E-state index is -1.99. The average molecular weight is 281 g/mol. The molecule has 0 unspecified atom stereocenters. The first-order valence-corrected chi connectivity index (χ1v) is 5.70. The Labute approximate surface area is 109 Å². The minimum Gasteiger partial charge on any atom is -0.467 e. The average Bonchev–Trinajstić information content (AvgIpc) is 2.71. The first-order chi connectivity index (χ1) is 8.84. The lowest BCUT2D eigenvalue weighted by Gasteiger charge is -2.28. The predicted molar refractivity (Wildman–Crippen MR) is 59.8 cm³/mol. The quantitative estimate of drug-likeness (QED) is 0.246. The summed E-state index contributed by atoms with van der Waals surface area (Å²) in [6.07, 6.45) is -8.45. The fourth-order valence-electron chi connectivity index (χ4n) is 2.02. The molecular weight excluding hydrogens is 262 g/mol. The zero-order chi connectivity index (χ0) is 14.7. The molecule has 7 N–H and O–H groups in total. The van der Waals surface area contributed by atoms with Gasteiger partial charge in [-0.2, -0.15) is 0 Å². The van der Waals surface area contributed by atoms with Gasteiger partial charge in [-0.05, 0) is 0 Å². The van der Waals surface area contributed by atoms with Crippen LogP contribution in [0, 0.1) is 0 Å². The number of aliphatic hydroxyl groups is 6. The van der Waals surface area contributed by atoms with Gasteiger partial charge in [0, 0.05) is 0 Å². The Morgan fingerprint density at radius 1 is 1.26 bits per heavy atom. The van der Waals surface area contributed by atoms with Crippen LogP contribution in [0.5, 0.6) is 0 Å². The maximum atomic E-state index is 11.0. The second-order valence-corrected chi connectivity index (χ2v) is 4.41. The molecule has 0 saturated carbocycles. The molecule has 19 heavy (non-hydrogen) atoms. The molecule has 0 aliphatic carbocycles. The van der Waals surface area contributed by atoms with Gasteiger partial charge in [0.1, 0.15) is 12.2 Å². The molecule has 0 radical (unpaired) electrons. The van der Waals surface area contributed by atoms with Crippen molar-refractivity contribution in [2.75, 3.05) is 13.7 Å². The van der Waals surface area contributed by atoms with E-state index in [1.807, 2.05) is 0 Å². The molecule has 112 valence electrons. The van der Waals surface area contributed by atoms with Crippen LogP contribution in [0.3, 0.4) is 0 Å². The van der Waals surface area contributed by atoms with Crippen LogP contribution < -0.4 is 5.32 Å². The molecule has 1 rings (SSSR count). The second-order valence-electron chi connectivity index (χ2n) is 4.41. The summed E-state index contributed by atoms with van der Waals surface area (Å²) in [6.45, 7) is -0.489. The van der Waals surface area contributed by atoms with E-state index < -0.39 is 55.2 Å². The highest BCUT2D eigenvalue weighted by Gasteiger charge is 2.47. The molecule has 9 heteroatoms. The van der Waals surface area contributed by atoms with Gasteiger partial charge in [0.15, 0.2) is 6.10 Å². The lowest BCUT2D eigenvalue weighted by molar-refractivity contribution is -0.163. The van der Waals surface area contributed by atoms with Gasteiger partial charge in [-0.3, -0.25) is 0 Å². The maximum absolute atomic E-state index is 11.0. The van der Waals surface area contributed by atoms with Crippen molar-refractivity contribution < 1.29 is 40.2 Å². The smallest absolute Gasteiger partial charge is 0.337 e. The molecule has 0 aromatic rings. The van der Waals surface area contributed by atoms with Crippen molar-refractivity contribution in [1.82, 2.24) is 5.32 Å². The van der Waals surface area contributed by atoms with Crippen molar-refractivity contribution in [3.8, 4) is 0 Å². The number of rotatable bonds is 5. The van der Waals surface area contributed by atoms with Gasteiger partial charge in [-0.25, -0.2) is 4.79 Å². The molecule has 1 aliphatic heterocycles.